The standard InChI is InChI=1S/C7H4BrN3O2S/c8-3-5(12)10-4(11-6(3)13)7-9-1-2-14-7/h1-2H,(H2,10,11,12,13). The van der Waals surface area contributed by atoms with Crippen molar-refractivity contribution in [2.75, 3.05) is 0 Å². The van der Waals surface area contributed by atoms with Crippen LogP contribution in [0.2, 0.25) is 0 Å². The molecule has 0 saturated carbocycles. The van der Waals surface area contributed by atoms with Gasteiger partial charge in [0.1, 0.15) is 4.47 Å². The van der Waals surface area contributed by atoms with Crippen molar-refractivity contribution in [1.82, 2.24) is 15.0 Å². The zero-order valence-corrected chi connectivity index (χ0v) is 9.09. The van der Waals surface area contributed by atoms with E-state index in [1.807, 2.05) is 0 Å². The number of hydrogen-bond acceptors (Lipinski definition) is 5. The Morgan fingerprint density at radius 3 is 2.93 bits per heavy atom. The molecule has 0 bridgehead atoms. The highest BCUT2D eigenvalue weighted by Crippen LogP contribution is 2.21. The predicted molar refractivity (Wildman–Crippen MR) is 55.3 cm³/mol. The number of nitrogens with one attached hydrogen (secondary N) is 1. The van der Waals surface area contributed by atoms with Gasteiger partial charge in [-0.05, 0) is 15.9 Å². The molecule has 0 aliphatic rings. The largest absolute Gasteiger partial charge is 0.492 e. The molecule has 2 aromatic rings. The molecule has 0 aromatic carbocycles. The maximum Gasteiger partial charge on any atom is 0.269 e. The molecule has 7 heteroatoms. The summed E-state index contributed by atoms with van der Waals surface area (Å²) < 4.78 is 0.0257. The Bertz CT molecular complexity index is 508. The van der Waals surface area contributed by atoms with E-state index >= 15 is 0 Å². The number of aromatic nitrogens is 3. The second-order valence-electron chi connectivity index (χ2n) is 2.39. The van der Waals surface area contributed by atoms with Crippen LogP contribution in [0.25, 0.3) is 10.8 Å². The average Bonchev–Trinajstić information content (AvgIpc) is 2.66. The summed E-state index contributed by atoms with van der Waals surface area (Å²) in [6.07, 6.45) is 1.60. The van der Waals surface area contributed by atoms with Crippen LogP contribution in [-0.2, 0) is 0 Å². The van der Waals surface area contributed by atoms with Crippen LogP contribution >= 0.6 is 27.3 Å². The van der Waals surface area contributed by atoms with Crippen molar-refractivity contribution >= 4 is 27.3 Å². The fourth-order valence-electron chi connectivity index (χ4n) is 0.889. The van der Waals surface area contributed by atoms with Crippen molar-refractivity contribution in [3.05, 3.63) is 26.4 Å². The molecule has 0 amide bonds. The summed E-state index contributed by atoms with van der Waals surface area (Å²) in [4.78, 5) is 21.5. The number of nitrogens with zero attached hydrogens (tertiary/aromatic N) is 2. The zero-order valence-electron chi connectivity index (χ0n) is 6.69. The van der Waals surface area contributed by atoms with Crippen molar-refractivity contribution in [2.45, 2.75) is 0 Å². The lowest BCUT2D eigenvalue weighted by molar-refractivity contribution is 0.448. The molecule has 0 radical (unpaired) electrons. The van der Waals surface area contributed by atoms with Gasteiger partial charge in [0.25, 0.3) is 5.56 Å². The van der Waals surface area contributed by atoms with E-state index in [-0.39, 0.29) is 16.2 Å². The average molecular weight is 274 g/mol. The van der Waals surface area contributed by atoms with Crippen LogP contribution in [0.5, 0.6) is 5.88 Å². The van der Waals surface area contributed by atoms with E-state index in [1.165, 1.54) is 11.3 Å². The van der Waals surface area contributed by atoms with Crippen molar-refractivity contribution < 1.29 is 5.11 Å². The van der Waals surface area contributed by atoms with Crippen LogP contribution in [0.1, 0.15) is 0 Å². The summed E-state index contributed by atoms with van der Waals surface area (Å²) in [7, 11) is 0. The van der Waals surface area contributed by atoms with Crippen LogP contribution in [-0.4, -0.2) is 20.1 Å². The minimum absolute atomic E-state index is 0.0257. The molecule has 0 fully saturated rings. The van der Waals surface area contributed by atoms with E-state index in [1.54, 1.807) is 11.6 Å². The highest BCUT2D eigenvalue weighted by atomic mass is 79.9. The number of aromatic hydroxyl groups is 1. The maximum atomic E-state index is 11.2. The van der Waals surface area contributed by atoms with Crippen molar-refractivity contribution in [1.29, 1.82) is 0 Å². The van der Waals surface area contributed by atoms with E-state index in [0.29, 0.717) is 5.01 Å². The number of rotatable bonds is 1. The number of aromatic amines is 1. The lowest BCUT2D eigenvalue weighted by atomic mass is 10.5. The number of halogens is 1. The SMILES string of the molecule is O=c1[nH]c(-c2nccs2)nc(O)c1Br. The first-order valence-corrected chi connectivity index (χ1v) is 5.24. The summed E-state index contributed by atoms with van der Waals surface area (Å²) >= 11 is 4.23. The van der Waals surface area contributed by atoms with Gasteiger partial charge in [-0.1, -0.05) is 0 Å². The Labute approximate surface area is 90.6 Å². The third kappa shape index (κ3) is 1.55. The molecule has 2 rings (SSSR count). The van der Waals surface area contributed by atoms with Crippen LogP contribution in [0, 0.1) is 0 Å². The molecule has 5 nitrogen and oxygen atoms in total. The first kappa shape index (κ1) is 9.35. The zero-order chi connectivity index (χ0) is 10.1. The minimum Gasteiger partial charge on any atom is -0.492 e. The van der Waals surface area contributed by atoms with Gasteiger partial charge >= 0.3 is 0 Å². The Morgan fingerprint density at radius 2 is 2.36 bits per heavy atom. The molecule has 2 heterocycles. The highest BCUT2D eigenvalue weighted by Gasteiger charge is 2.10. The summed E-state index contributed by atoms with van der Waals surface area (Å²) in [5.74, 6) is -0.0651. The quantitative estimate of drug-likeness (QED) is 0.823. The van der Waals surface area contributed by atoms with E-state index in [4.69, 9.17) is 0 Å². The van der Waals surface area contributed by atoms with Gasteiger partial charge in [0.15, 0.2) is 10.8 Å². The molecule has 0 atom stereocenters. The lowest BCUT2D eigenvalue weighted by Gasteiger charge is -1.97. The van der Waals surface area contributed by atoms with Gasteiger partial charge in [-0.25, -0.2) is 4.98 Å². The Balaban J connectivity index is 2.63. The predicted octanol–water partition coefficient (Wildman–Crippen LogP) is 1.36. The molecule has 0 unspecified atom stereocenters. The van der Waals surface area contributed by atoms with E-state index in [0.717, 1.165) is 0 Å². The van der Waals surface area contributed by atoms with Gasteiger partial charge in [0.2, 0.25) is 5.88 Å². The van der Waals surface area contributed by atoms with Gasteiger partial charge < -0.3 is 10.1 Å². The highest BCUT2D eigenvalue weighted by molar-refractivity contribution is 9.10. The summed E-state index contributed by atoms with van der Waals surface area (Å²) in [6.45, 7) is 0. The van der Waals surface area contributed by atoms with Crippen LogP contribution in [0.15, 0.2) is 20.8 Å². The van der Waals surface area contributed by atoms with Gasteiger partial charge in [-0.2, -0.15) is 4.98 Å². The van der Waals surface area contributed by atoms with Crippen LogP contribution in [0.4, 0.5) is 0 Å². The van der Waals surface area contributed by atoms with E-state index in [2.05, 4.69) is 30.9 Å². The van der Waals surface area contributed by atoms with Crippen molar-refractivity contribution in [3.8, 4) is 16.7 Å². The fourth-order valence-corrected chi connectivity index (χ4v) is 1.66. The van der Waals surface area contributed by atoms with Crippen LogP contribution in [0.3, 0.4) is 0 Å². The second-order valence-corrected chi connectivity index (χ2v) is 4.08. The molecule has 14 heavy (non-hydrogen) atoms. The molecule has 2 N–H and O–H groups in total. The molecule has 0 aliphatic carbocycles. The minimum atomic E-state index is -0.428. The van der Waals surface area contributed by atoms with Gasteiger partial charge in [-0.3, -0.25) is 4.79 Å². The van der Waals surface area contributed by atoms with Gasteiger partial charge in [0.05, 0.1) is 0 Å². The summed E-state index contributed by atoms with van der Waals surface area (Å²) in [6, 6.07) is 0. The second kappa shape index (κ2) is 3.50. The Hall–Kier alpha value is -1.21. The Morgan fingerprint density at radius 1 is 1.57 bits per heavy atom. The molecule has 0 spiro atoms. The van der Waals surface area contributed by atoms with Gasteiger partial charge in [-0.15, -0.1) is 11.3 Å². The smallest absolute Gasteiger partial charge is 0.269 e. The first-order chi connectivity index (χ1) is 6.68. The van der Waals surface area contributed by atoms with Crippen molar-refractivity contribution in [3.63, 3.8) is 0 Å². The molecule has 0 aliphatic heterocycles. The molecule has 72 valence electrons. The molecular weight excluding hydrogens is 270 g/mol. The fraction of sp³-hybridized carbons (Fsp3) is 0. The number of thiazole rings is 1. The third-order valence-corrected chi connectivity index (χ3v) is 2.97. The lowest BCUT2D eigenvalue weighted by Crippen LogP contribution is -2.09. The van der Waals surface area contributed by atoms with E-state index in [9.17, 15) is 9.90 Å². The monoisotopic (exact) mass is 273 g/mol. The van der Waals surface area contributed by atoms with Crippen molar-refractivity contribution in [2.24, 2.45) is 0 Å². The van der Waals surface area contributed by atoms with Crippen LogP contribution < -0.4 is 5.56 Å². The third-order valence-electron chi connectivity index (χ3n) is 1.48. The van der Waals surface area contributed by atoms with Gasteiger partial charge in [0, 0.05) is 11.6 Å². The summed E-state index contributed by atoms with van der Waals surface area (Å²) in [5.41, 5.74) is -0.428. The normalized spacial score (nSPS) is 10.4. The molecular formula is C7H4BrN3O2S. The first-order valence-electron chi connectivity index (χ1n) is 3.57. The topological polar surface area (TPSA) is 78.9 Å². The summed E-state index contributed by atoms with van der Waals surface area (Å²) in [5, 5.41) is 11.6. The molecule has 2 aromatic heterocycles. The number of hydrogen-bond donors (Lipinski definition) is 2. The Kier molecular flexibility index (Phi) is 2.34. The molecule has 0 saturated heterocycles. The number of H-pyrrole nitrogens is 1. The van der Waals surface area contributed by atoms with E-state index < -0.39 is 5.56 Å². The maximum absolute atomic E-state index is 11.2.